The van der Waals surface area contributed by atoms with Gasteiger partial charge in [0.2, 0.25) is 5.91 Å². The van der Waals surface area contributed by atoms with Gasteiger partial charge in [-0.1, -0.05) is 0 Å². The second kappa shape index (κ2) is 9.40. The van der Waals surface area contributed by atoms with E-state index in [-0.39, 0.29) is 27.9 Å². The summed E-state index contributed by atoms with van der Waals surface area (Å²) in [6.07, 6.45) is -5.72. The molecule has 0 aliphatic carbocycles. The lowest BCUT2D eigenvalue weighted by Gasteiger charge is -2.13. The second-order valence-corrected chi connectivity index (χ2v) is 8.04. The van der Waals surface area contributed by atoms with Crippen LogP contribution in [0.1, 0.15) is 17.5 Å². The molecule has 1 amide bonds. The zero-order valence-corrected chi connectivity index (χ0v) is 19.1. The minimum absolute atomic E-state index is 0.0348. The number of nitrogen functional groups attached to an aromatic ring is 1. The minimum Gasteiger partial charge on any atom is -0.384 e. The summed E-state index contributed by atoms with van der Waals surface area (Å²) in [5, 5.41) is 3.46. The van der Waals surface area contributed by atoms with Crippen LogP contribution in [0.15, 0.2) is 32.1 Å². The van der Waals surface area contributed by atoms with E-state index in [1.165, 1.54) is 26.5 Å². The quantitative estimate of drug-likeness (QED) is 0.399. The molecule has 3 aromatic rings. The van der Waals surface area contributed by atoms with Gasteiger partial charge in [-0.2, -0.15) is 13.2 Å². The van der Waals surface area contributed by atoms with Crippen LogP contribution in [0.3, 0.4) is 0 Å². The number of aliphatic imine (C=N–C) groups is 1. The van der Waals surface area contributed by atoms with Crippen molar-refractivity contribution in [2.75, 3.05) is 18.1 Å². The molecule has 35 heavy (non-hydrogen) atoms. The molecule has 0 spiro atoms. The molecule has 3 rings (SSSR count). The van der Waals surface area contributed by atoms with E-state index in [1.54, 1.807) is 0 Å². The van der Waals surface area contributed by atoms with Crippen molar-refractivity contribution in [3.8, 4) is 11.3 Å². The number of hydrogen-bond acceptors (Lipinski definition) is 7. The highest BCUT2D eigenvalue weighted by molar-refractivity contribution is 7.14. The number of anilines is 2. The Bertz CT molecular complexity index is 1470. The summed E-state index contributed by atoms with van der Waals surface area (Å²) in [4.78, 5) is 44.9. The Morgan fingerprint density at radius 2 is 1.86 bits per heavy atom. The van der Waals surface area contributed by atoms with E-state index in [2.05, 4.69) is 15.3 Å². The van der Waals surface area contributed by atoms with Crippen molar-refractivity contribution in [2.45, 2.75) is 12.6 Å². The smallest absolute Gasteiger partial charge is 0.384 e. The molecule has 186 valence electrons. The number of alkyl halides is 3. The molecule has 0 fully saturated rings. The predicted octanol–water partition coefficient (Wildman–Crippen LogP) is 2.53. The molecule has 0 saturated heterocycles. The first-order valence-corrected chi connectivity index (χ1v) is 10.5. The van der Waals surface area contributed by atoms with Gasteiger partial charge in [-0.25, -0.2) is 18.6 Å². The van der Waals surface area contributed by atoms with Gasteiger partial charge in [0.05, 0.1) is 17.8 Å². The Morgan fingerprint density at radius 3 is 2.46 bits per heavy atom. The molecule has 0 bridgehead atoms. The Labute approximate surface area is 197 Å². The van der Waals surface area contributed by atoms with Crippen LogP contribution in [0.25, 0.3) is 11.3 Å². The van der Waals surface area contributed by atoms with Gasteiger partial charge >= 0.3 is 11.9 Å². The van der Waals surface area contributed by atoms with E-state index < -0.39 is 52.5 Å². The van der Waals surface area contributed by atoms with Crippen LogP contribution in [0.4, 0.5) is 32.9 Å². The molecule has 2 heterocycles. The molecule has 15 heteroatoms. The third-order valence-electron chi connectivity index (χ3n) is 5.00. The normalized spacial score (nSPS) is 12.2. The van der Waals surface area contributed by atoms with Gasteiger partial charge in [-0.3, -0.25) is 23.7 Å². The van der Waals surface area contributed by atoms with Crippen LogP contribution in [-0.2, 0) is 25.1 Å². The number of thiazole rings is 1. The first-order chi connectivity index (χ1) is 16.3. The Morgan fingerprint density at radius 1 is 1.20 bits per heavy atom. The average molecular weight is 516 g/mol. The van der Waals surface area contributed by atoms with E-state index in [0.717, 1.165) is 26.5 Å². The molecule has 0 aliphatic rings. The van der Waals surface area contributed by atoms with Crippen LogP contribution in [0, 0.1) is 11.6 Å². The first kappa shape index (κ1) is 25.7. The van der Waals surface area contributed by atoms with Crippen LogP contribution in [-0.4, -0.2) is 32.8 Å². The maximum Gasteiger partial charge on any atom is 0.422 e. The summed E-state index contributed by atoms with van der Waals surface area (Å²) in [5.41, 5.74) is 1.35. The van der Waals surface area contributed by atoms with Gasteiger partial charge in [0.15, 0.2) is 5.13 Å². The fraction of sp³-hybridized carbons (Fsp3) is 0.250. The lowest BCUT2D eigenvalue weighted by atomic mass is 10.1. The minimum atomic E-state index is -5.26. The highest BCUT2D eigenvalue weighted by atomic mass is 32.1. The number of nitrogens with zero attached hydrogens (tertiary/aromatic N) is 4. The molecule has 0 unspecified atom stereocenters. The molecular formula is C20H17F5N6O3S. The number of aromatic nitrogens is 3. The van der Waals surface area contributed by atoms with Crippen molar-refractivity contribution < 1.29 is 26.7 Å². The van der Waals surface area contributed by atoms with E-state index in [0.29, 0.717) is 6.07 Å². The van der Waals surface area contributed by atoms with Crippen LogP contribution >= 0.6 is 11.3 Å². The average Bonchev–Trinajstić information content (AvgIpc) is 3.22. The third-order valence-corrected chi connectivity index (χ3v) is 5.76. The van der Waals surface area contributed by atoms with Crippen molar-refractivity contribution in [1.29, 1.82) is 0 Å². The fourth-order valence-corrected chi connectivity index (χ4v) is 3.92. The van der Waals surface area contributed by atoms with E-state index in [9.17, 15) is 36.3 Å². The lowest BCUT2D eigenvalue weighted by molar-refractivity contribution is -0.142. The number of carbonyl (C=O) groups excluding carboxylic acids is 1. The third kappa shape index (κ3) is 4.84. The summed E-state index contributed by atoms with van der Waals surface area (Å²) >= 11 is 0.782. The van der Waals surface area contributed by atoms with E-state index in [4.69, 9.17) is 5.73 Å². The number of carbonyl (C=O) groups is 1. The number of nitrogens with two attached hydrogens (primary N) is 1. The van der Waals surface area contributed by atoms with E-state index in [1.807, 2.05) is 0 Å². The maximum atomic E-state index is 14.4. The standard InChI is InChI=1S/C20H17F5N6O3S/c1-27-10(13-16(26)30(2)19(34)31(3)17(13)33)6-12(32)29-18-28-11(7-35-18)8-4-5-9(21)14(15(8)22)20(23,24)25/h4-5,7H,6,26H2,1-3H3,(H,28,29,32). The number of halogens is 5. The van der Waals surface area contributed by atoms with E-state index >= 15 is 0 Å². The lowest BCUT2D eigenvalue weighted by Crippen LogP contribution is -2.42. The summed E-state index contributed by atoms with van der Waals surface area (Å²) in [7, 11) is 3.88. The number of nitrogens with one attached hydrogen (secondary N) is 1. The van der Waals surface area contributed by atoms with Gasteiger partial charge in [-0.15, -0.1) is 11.3 Å². The number of benzene rings is 1. The predicted molar refractivity (Wildman–Crippen MR) is 120 cm³/mol. The van der Waals surface area contributed by atoms with Crippen molar-refractivity contribution in [2.24, 2.45) is 19.1 Å². The fourth-order valence-electron chi connectivity index (χ4n) is 3.19. The molecule has 2 aromatic heterocycles. The Balaban J connectivity index is 1.86. The SMILES string of the molecule is CN=C(CC(=O)Nc1nc(-c2ccc(F)c(C(F)(F)F)c2F)cs1)c1c(N)n(C)c(=O)n(C)c1=O. The number of hydrogen-bond donors (Lipinski definition) is 2. The highest BCUT2D eigenvalue weighted by Crippen LogP contribution is 2.38. The van der Waals surface area contributed by atoms with Gasteiger partial charge < -0.3 is 11.1 Å². The maximum absolute atomic E-state index is 14.4. The first-order valence-electron chi connectivity index (χ1n) is 9.60. The number of rotatable bonds is 5. The summed E-state index contributed by atoms with van der Waals surface area (Å²) in [6.45, 7) is 0. The number of amides is 1. The highest BCUT2D eigenvalue weighted by Gasteiger charge is 2.39. The molecule has 1 aromatic carbocycles. The van der Waals surface area contributed by atoms with Crippen LogP contribution in [0.5, 0.6) is 0 Å². The summed E-state index contributed by atoms with van der Waals surface area (Å²) < 4.78 is 68.7. The van der Waals surface area contributed by atoms with Crippen molar-refractivity contribution in [3.05, 3.63) is 61.1 Å². The van der Waals surface area contributed by atoms with Gasteiger partial charge in [0.25, 0.3) is 5.56 Å². The Hall–Kier alpha value is -3.88. The van der Waals surface area contributed by atoms with Crippen LogP contribution < -0.4 is 22.3 Å². The topological polar surface area (TPSA) is 124 Å². The molecule has 9 nitrogen and oxygen atoms in total. The Kier molecular flexibility index (Phi) is 6.91. The molecule has 0 radical (unpaired) electrons. The molecule has 3 N–H and O–H groups in total. The second-order valence-electron chi connectivity index (χ2n) is 7.18. The molecule has 0 saturated carbocycles. The van der Waals surface area contributed by atoms with Crippen molar-refractivity contribution in [3.63, 3.8) is 0 Å². The zero-order valence-electron chi connectivity index (χ0n) is 18.3. The molecular weight excluding hydrogens is 499 g/mol. The van der Waals surface area contributed by atoms with Gasteiger partial charge in [-0.05, 0) is 12.1 Å². The molecule has 0 atom stereocenters. The summed E-state index contributed by atoms with van der Waals surface area (Å²) in [5.74, 6) is -4.52. The largest absolute Gasteiger partial charge is 0.422 e. The van der Waals surface area contributed by atoms with Crippen molar-refractivity contribution in [1.82, 2.24) is 14.1 Å². The van der Waals surface area contributed by atoms with Gasteiger partial charge in [0.1, 0.15) is 28.6 Å². The van der Waals surface area contributed by atoms with Crippen LogP contribution in [0.2, 0.25) is 0 Å². The monoisotopic (exact) mass is 516 g/mol. The van der Waals surface area contributed by atoms with Crippen molar-refractivity contribution >= 4 is 33.9 Å². The molecule has 0 aliphatic heterocycles. The summed E-state index contributed by atoms with van der Waals surface area (Å²) in [6, 6.07) is 1.28. The van der Waals surface area contributed by atoms with Gasteiger partial charge in [0, 0.05) is 32.1 Å². The zero-order chi connectivity index (χ0) is 26.2.